The Hall–Kier alpha value is -2.60. The molecule has 3 rings (SSSR count). The summed E-state index contributed by atoms with van der Waals surface area (Å²) in [6.45, 7) is 5.41. The van der Waals surface area contributed by atoms with Gasteiger partial charge in [0.05, 0.1) is 7.11 Å². The first-order valence-corrected chi connectivity index (χ1v) is 9.31. The molecule has 1 saturated heterocycles. The lowest BCUT2D eigenvalue weighted by molar-refractivity contribution is 0.0951. The Morgan fingerprint density at radius 2 is 1.85 bits per heavy atom. The van der Waals surface area contributed by atoms with Gasteiger partial charge < -0.3 is 15.0 Å². The zero-order valence-electron chi connectivity index (χ0n) is 15.7. The van der Waals surface area contributed by atoms with Gasteiger partial charge in [0, 0.05) is 44.0 Å². The summed E-state index contributed by atoms with van der Waals surface area (Å²) in [4.78, 5) is 16.9. The molecule has 0 aliphatic carbocycles. The van der Waals surface area contributed by atoms with E-state index >= 15 is 0 Å². The van der Waals surface area contributed by atoms with Crippen molar-refractivity contribution in [3.63, 3.8) is 0 Å². The summed E-state index contributed by atoms with van der Waals surface area (Å²) < 4.78 is 18.2. The molecule has 27 heavy (non-hydrogen) atoms. The van der Waals surface area contributed by atoms with Crippen LogP contribution in [0, 0.1) is 5.82 Å². The number of carbonyl (C=O) groups excluding carboxylic acids is 1. The van der Waals surface area contributed by atoms with E-state index < -0.39 is 0 Å². The Labute approximate surface area is 159 Å². The number of nitrogens with one attached hydrogen (secondary N) is 1. The molecule has 0 spiro atoms. The molecule has 5 nitrogen and oxygen atoms in total. The van der Waals surface area contributed by atoms with Crippen LogP contribution in [0.15, 0.2) is 48.5 Å². The van der Waals surface area contributed by atoms with Crippen molar-refractivity contribution < 1.29 is 13.9 Å². The highest BCUT2D eigenvalue weighted by molar-refractivity contribution is 5.94. The van der Waals surface area contributed by atoms with E-state index in [0.717, 1.165) is 44.8 Å². The number of hydrogen-bond donors (Lipinski definition) is 1. The second-order valence-electron chi connectivity index (χ2n) is 6.65. The fraction of sp³-hybridized carbons (Fsp3) is 0.381. The number of methoxy groups -OCH3 is 1. The standard InChI is InChI=1S/C21H26FN3O2/c1-27-20-5-2-4-17(16-20)21(26)23-10-3-11-24-12-14-25(15-13-24)19-8-6-18(22)7-9-19/h2,4-9,16H,3,10-15H2,1H3,(H,23,26). The molecule has 1 aliphatic rings. The van der Waals surface area contributed by atoms with Crippen LogP contribution in [-0.2, 0) is 0 Å². The predicted octanol–water partition coefficient (Wildman–Crippen LogP) is 2.78. The van der Waals surface area contributed by atoms with E-state index in [4.69, 9.17) is 4.74 Å². The predicted molar refractivity (Wildman–Crippen MR) is 105 cm³/mol. The van der Waals surface area contributed by atoms with Gasteiger partial charge in [0.15, 0.2) is 0 Å². The highest BCUT2D eigenvalue weighted by atomic mass is 19.1. The molecule has 1 N–H and O–H groups in total. The zero-order valence-corrected chi connectivity index (χ0v) is 15.7. The normalized spacial score (nSPS) is 14.8. The van der Waals surface area contributed by atoms with Crippen LogP contribution in [0.5, 0.6) is 5.75 Å². The molecule has 1 aliphatic heterocycles. The number of anilines is 1. The fourth-order valence-corrected chi connectivity index (χ4v) is 3.25. The van der Waals surface area contributed by atoms with Gasteiger partial charge in [-0.1, -0.05) is 6.07 Å². The summed E-state index contributed by atoms with van der Waals surface area (Å²) in [5.74, 6) is 0.407. The molecular weight excluding hydrogens is 345 g/mol. The van der Waals surface area contributed by atoms with Crippen molar-refractivity contribution in [1.82, 2.24) is 10.2 Å². The lowest BCUT2D eigenvalue weighted by Crippen LogP contribution is -2.47. The van der Waals surface area contributed by atoms with Gasteiger partial charge in [0.1, 0.15) is 11.6 Å². The van der Waals surface area contributed by atoms with E-state index in [1.54, 1.807) is 19.2 Å². The van der Waals surface area contributed by atoms with Crippen molar-refractivity contribution in [2.45, 2.75) is 6.42 Å². The maximum absolute atomic E-state index is 13.0. The average Bonchev–Trinajstić information content (AvgIpc) is 2.72. The van der Waals surface area contributed by atoms with E-state index in [9.17, 15) is 9.18 Å². The van der Waals surface area contributed by atoms with Gasteiger partial charge in [0.25, 0.3) is 5.91 Å². The summed E-state index contributed by atoms with van der Waals surface area (Å²) in [6, 6.07) is 13.8. The largest absolute Gasteiger partial charge is 0.497 e. The number of nitrogens with zero attached hydrogens (tertiary/aromatic N) is 2. The third-order valence-corrected chi connectivity index (χ3v) is 4.83. The Bertz CT molecular complexity index is 743. The van der Waals surface area contributed by atoms with Crippen molar-refractivity contribution in [2.75, 3.05) is 51.3 Å². The summed E-state index contributed by atoms with van der Waals surface area (Å²) in [5.41, 5.74) is 1.68. The van der Waals surface area contributed by atoms with Crippen molar-refractivity contribution >= 4 is 11.6 Å². The highest BCUT2D eigenvalue weighted by Gasteiger charge is 2.17. The molecule has 6 heteroatoms. The summed E-state index contributed by atoms with van der Waals surface area (Å²) in [7, 11) is 1.59. The first-order valence-electron chi connectivity index (χ1n) is 9.31. The number of benzene rings is 2. The summed E-state index contributed by atoms with van der Waals surface area (Å²) in [6.07, 6.45) is 0.909. The molecule has 0 radical (unpaired) electrons. The molecule has 0 atom stereocenters. The monoisotopic (exact) mass is 371 g/mol. The van der Waals surface area contributed by atoms with Gasteiger partial charge in [-0.05, 0) is 55.4 Å². The molecule has 0 saturated carbocycles. The topological polar surface area (TPSA) is 44.8 Å². The average molecular weight is 371 g/mol. The molecule has 1 fully saturated rings. The summed E-state index contributed by atoms with van der Waals surface area (Å²) in [5, 5.41) is 2.96. The minimum absolute atomic E-state index is 0.0740. The van der Waals surface area contributed by atoms with Gasteiger partial charge >= 0.3 is 0 Å². The van der Waals surface area contributed by atoms with Gasteiger partial charge in [-0.25, -0.2) is 4.39 Å². The number of amides is 1. The molecule has 1 heterocycles. The van der Waals surface area contributed by atoms with E-state index in [1.807, 2.05) is 24.3 Å². The molecular formula is C21H26FN3O2. The molecule has 2 aromatic carbocycles. The van der Waals surface area contributed by atoms with Gasteiger partial charge in [-0.2, -0.15) is 0 Å². The maximum Gasteiger partial charge on any atom is 0.251 e. The number of rotatable bonds is 7. The van der Waals surface area contributed by atoms with E-state index in [1.165, 1.54) is 12.1 Å². The Morgan fingerprint density at radius 1 is 1.11 bits per heavy atom. The van der Waals surface area contributed by atoms with Crippen LogP contribution in [0.2, 0.25) is 0 Å². The van der Waals surface area contributed by atoms with Gasteiger partial charge in [-0.3, -0.25) is 9.69 Å². The lowest BCUT2D eigenvalue weighted by Gasteiger charge is -2.36. The van der Waals surface area contributed by atoms with Gasteiger partial charge in [-0.15, -0.1) is 0 Å². The molecule has 1 amide bonds. The third-order valence-electron chi connectivity index (χ3n) is 4.83. The number of carbonyl (C=O) groups is 1. The van der Waals surface area contributed by atoms with Crippen molar-refractivity contribution in [3.05, 3.63) is 59.9 Å². The van der Waals surface area contributed by atoms with Crippen LogP contribution in [0.4, 0.5) is 10.1 Å². The summed E-state index contributed by atoms with van der Waals surface area (Å²) >= 11 is 0. The number of ether oxygens (including phenoxy) is 1. The highest BCUT2D eigenvalue weighted by Crippen LogP contribution is 2.17. The Balaban J connectivity index is 1.35. The molecule has 0 bridgehead atoms. The van der Waals surface area contributed by atoms with Crippen LogP contribution in [0.1, 0.15) is 16.8 Å². The lowest BCUT2D eigenvalue weighted by atomic mass is 10.2. The number of piperazine rings is 1. The van der Waals surface area contributed by atoms with Crippen LogP contribution in [0.3, 0.4) is 0 Å². The molecule has 0 aromatic heterocycles. The molecule has 144 valence electrons. The second-order valence-corrected chi connectivity index (χ2v) is 6.65. The molecule has 2 aromatic rings. The first-order chi connectivity index (χ1) is 13.2. The molecule has 0 unspecified atom stereocenters. The second kappa shape index (κ2) is 9.37. The number of hydrogen-bond acceptors (Lipinski definition) is 4. The minimum Gasteiger partial charge on any atom is -0.497 e. The quantitative estimate of drug-likeness (QED) is 0.761. The van der Waals surface area contributed by atoms with Crippen LogP contribution >= 0.6 is 0 Å². The first kappa shape index (κ1) is 19.2. The van der Waals surface area contributed by atoms with Crippen molar-refractivity contribution in [1.29, 1.82) is 0 Å². The SMILES string of the molecule is COc1cccc(C(=O)NCCCN2CCN(c3ccc(F)cc3)CC2)c1. The van der Waals surface area contributed by atoms with Crippen LogP contribution in [-0.4, -0.2) is 57.2 Å². The Kier molecular flexibility index (Phi) is 6.65. The third kappa shape index (κ3) is 5.44. The zero-order chi connectivity index (χ0) is 19.1. The Morgan fingerprint density at radius 3 is 2.56 bits per heavy atom. The van der Waals surface area contributed by atoms with Crippen molar-refractivity contribution in [2.24, 2.45) is 0 Å². The van der Waals surface area contributed by atoms with Crippen LogP contribution in [0.25, 0.3) is 0 Å². The van der Waals surface area contributed by atoms with Gasteiger partial charge in [0.2, 0.25) is 0 Å². The van der Waals surface area contributed by atoms with Crippen molar-refractivity contribution in [3.8, 4) is 5.75 Å². The van der Waals surface area contributed by atoms with Crippen LogP contribution < -0.4 is 15.0 Å². The minimum atomic E-state index is -0.201. The van der Waals surface area contributed by atoms with E-state index in [2.05, 4.69) is 15.1 Å². The maximum atomic E-state index is 13.0. The smallest absolute Gasteiger partial charge is 0.251 e. The fourth-order valence-electron chi connectivity index (χ4n) is 3.25. The van der Waals surface area contributed by atoms with E-state index in [-0.39, 0.29) is 11.7 Å². The van der Waals surface area contributed by atoms with E-state index in [0.29, 0.717) is 17.9 Å². The number of halogens is 1.